The van der Waals surface area contributed by atoms with Crippen LogP contribution in [0.4, 0.5) is 5.82 Å². The lowest BCUT2D eigenvalue weighted by atomic mass is 9.64. The number of piperazine rings is 1. The number of fused-ring (bicyclic) bond motifs is 2. The monoisotopic (exact) mass is 494 g/mol. The zero-order chi connectivity index (χ0) is 24.7. The predicted molar refractivity (Wildman–Crippen MR) is 136 cm³/mol. The summed E-state index contributed by atoms with van der Waals surface area (Å²) in [5.74, 6) is 2.87. The number of nitrogens with zero attached hydrogens (tertiary/aromatic N) is 5. The third-order valence-electron chi connectivity index (χ3n) is 8.75. The number of anilines is 1. The summed E-state index contributed by atoms with van der Waals surface area (Å²) in [5.41, 5.74) is 1.38. The van der Waals surface area contributed by atoms with Crippen LogP contribution in [0, 0.1) is 0 Å². The van der Waals surface area contributed by atoms with E-state index in [1.807, 2.05) is 6.07 Å². The van der Waals surface area contributed by atoms with Crippen molar-refractivity contribution in [3.63, 3.8) is 0 Å². The number of hydrogen-bond acceptors (Lipinski definition) is 9. The summed E-state index contributed by atoms with van der Waals surface area (Å²) in [6.45, 7) is 6.91. The van der Waals surface area contributed by atoms with E-state index in [4.69, 9.17) is 19.2 Å². The van der Waals surface area contributed by atoms with E-state index in [0.717, 1.165) is 94.7 Å². The second kappa shape index (κ2) is 9.74. The lowest BCUT2D eigenvalue weighted by Crippen LogP contribution is -2.45. The van der Waals surface area contributed by atoms with Crippen molar-refractivity contribution < 1.29 is 14.1 Å². The Hall–Kier alpha value is -2.52. The fourth-order valence-electron chi connectivity index (χ4n) is 6.54. The van der Waals surface area contributed by atoms with E-state index >= 15 is 0 Å². The van der Waals surface area contributed by atoms with E-state index in [-0.39, 0.29) is 6.10 Å². The Kier molecular flexibility index (Phi) is 6.46. The first-order valence-corrected chi connectivity index (χ1v) is 13.8. The van der Waals surface area contributed by atoms with Crippen molar-refractivity contribution in [2.24, 2.45) is 0 Å². The van der Waals surface area contributed by atoms with Crippen molar-refractivity contribution >= 4 is 11.6 Å². The van der Waals surface area contributed by atoms with E-state index in [1.54, 1.807) is 0 Å². The molecule has 4 aliphatic rings. The van der Waals surface area contributed by atoms with E-state index in [1.165, 1.54) is 6.42 Å². The van der Waals surface area contributed by atoms with Crippen LogP contribution in [-0.4, -0.2) is 77.7 Å². The van der Waals surface area contributed by atoms with Gasteiger partial charge in [0.25, 0.3) is 0 Å². The molecule has 1 saturated carbocycles. The average molecular weight is 495 g/mol. The Labute approximate surface area is 213 Å². The molecule has 9 nitrogen and oxygen atoms in total. The molecule has 0 amide bonds. The van der Waals surface area contributed by atoms with E-state index in [2.05, 4.69) is 34.2 Å². The molecule has 2 aromatic rings. The largest absolute Gasteiger partial charge is 0.473 e. The van der Waals surface area contributed by atoms with Gasteiger partial charge in [0.05, 0.1) is 5.41 Å². The number of ether oxygens (including phenoxy) is 1. The first-order chi connectivity index (χ1) is 17.5. The Bertz CT molecular complexity index is 1100. The molecule has 0 bridgehead atoms. The van der Waals surface area contributed by atoms with Crippen molar-refractivity contribution in [1.82, 2.24) is 25.3 Å². The highest BCUT2D eigenvalue weighted by Gasteiger charge is 2.48. The summed E-state index contributed by atoms with van der Waals surface area (Å²) < 4.78 is 12.4. The van der Waals surface area contributed by atoms with Gasteiger partial charge in [0.2, 0.25) is 17.5 Å². The van der Waals surface area contributed by atoms with E-state index < -0.39 is 5.41 Å². The minimum absolute atomic E-state index is 0.00219. The number of rotatable bonds is 5. The maximum atomic E-state index is 13.1. The second-order valence-electron chi connectivity index (χ2n) is 11.1. The number of carbonyl (C=O) groups excluding carboxylic acids is 1. The van der Waals surface area contributed by atoms with Crippen molar-refractivity contribution in [1.29, 1.82) is 0 Å². The standard InChI is InChI=1S/C27H38N6O3/c1-18(20-8-6-12-28-20)35-23-17-22(33-15-13-32(2)14-16-33)29-26(30-23)24-19-7-5-11-27(25(19)31-36-24)10-4-3-9-21(27)34/h17-18,20,28H,3-16H2,1-2H3/t18-,20-,27+/m0/s1. The molecule has 36 heavy (non-hydrogen) atoms. The number of hydrogen-bond donors (Lipinski definition) is 1. The average Bonchev–Trinajstić information content (AvgIpc) is 3.57. The summed E-state index contributed by atoms with van der Waals surface area (Å²) in [4.78, 5) is 27.6. The molecule has 9 heteroatoms. The summed E-state index contributed by atoms with van der Waals surface area (Å²) in [5, 5.41) is 8.05. The molecule has 1 spiro atoms. The van der Waals surface area contributed by atoms with Crippen LogP contribution < -0.4 is 15.0 Å². The molecule has 3 atom stereocenters. The maximum Gasteiger partial charge on any atom is 0.219 e. The molecular formula is C27H38N6O3. The molecule has 194 valence electrons. The van der Waals surface area contributed by atoms with Gasteiger partial charge in [-0.3, -0.25) is 4.79 Å². The smallest absolute Gasteiger partial charge is 0.219 e. The minimum atomic E-state index is -0.482. The Balaban J connectivity index is 1.37. The van der Waals surface area contributed by atoms with Gasteiger partial charge in [-0.15, -0.1) is 0 Å². The molecular weight excluding hydrogens is 456 g/mol. The van der Waals surface area contributed by atoms with Crippen molar-refractivity contribution in [2.45, 2.75) is 82.3 Å². The van der Waals surface area contributed by atoms with Crippen molar-refractivity contribution in [2.75, 3.05) is 44.7 Å². The summed E-state index contributed by atoms with van der Waals surface area (Å²) in [6.07, 6.45) is 8.49. The van der Waals surface area contributed by atoms with Gasteiger partial charge in [-0.25, -0.2) is 4.98 Å². The SMILES string of the molecule is C[C@H](Oc1cc(N2CCN(C)CC2)nc(-c2onc3c2CCC[C@@]32CCCCC2=O)n1)[C@@H]1CCCN1. The van der Waals surface area contributed by atoms with E-state index in [0.29, 0.717) is 35.7 Å². The molecule has 3 fully saturated rings. The van der Waals surface area contributed by atoms with Crippen LogP contribution in [0.2, 0.25) is 0 Å². The molecule has 1 N–H and O–H groups in total. The minimum Gasteiger partial charge on any atom is -0.473 e. The number of aromatic nitrogens is 3. The highest BCUT2D eigenvalue weighted by molar-refractivity contribution is 5.91. The van der Waals surface area contributed by atoms with Crippen molar-refractivity contribution in [3.05, 3.63) is 17.3 Å². The lowest BCUT2D eigenvalue weighted by Gasteiger charge is -2.37. The molecule has 0 aromatic carbocycles. The zero-order valence-electron chi connectivity index (χ0n) is 21.6. The van der Waals surface area contributed by atoms with Gasteiger partial charge in [-0.2, -0.15) is 4.98 Å². The van der Waals surface area contributed by atoms with Crippen LogP contribution in [0.25, 0.3) is 11.6 Å². The second-order valence-corrected chi connectivity index (χ2v) is 11.1. The Morgan fingerprint density at radius 1 is 1.11 bits per heavy atom. The number of carbonyl (C=O) groups is 1. The number of likely N-dealkylation sites (N-methyl/N-ethyl adjacent to an activating group) is 1. The lowest BCUT2D eigenvalue weighted by molar-refractivity contribution is -0.127. The zero-order valence-corrected chi connectivity index (χ0v) is 21.6. The quantitative estimate of drug-likeness (QED) is 0.672. The van der Waals surface area contributed by atoms with Crippen LogP contribution in [-0.2, 0) is 16.6 Å². The van der Waals surface area contributed by atoms with Gasteiger partial charge in [-0.05, 0) is 65.5 Å². The fraction of sp³-hybridized carbons (Fsp3) is 0.704. The number of Topliss-reactive ketones (excluding diaryl/α,β-unsaturated/α-hetero) is 1. The number of nitrogens with one attached hydrogen (secondary N) is 1. The van der Waals surface area contributed by atoms with Gasteiger partial charge in [0.1, 0.15) is 23.4 Å². The molecule has 2 aliphatic carbocycles. The van der Waals surface area contributed by atoms with Crippen LogP contribution in [0.15, 0.2) is 10.6 Å². The van der Waals surface area contributed by atoms with Gasteiger partial charge < -0.3 is 24.4 Å². The predicted octanol–water partition coefficient (Wildman–Crippen LogP) is 3.12. The van der Waals surface area contributed by atoms with Gasteiger partial charge in [0.15, 0.2) is 0 Å². The van der Waals surface area contributed by atoms with Gasteiger partial charge in [0, 0.05) is 50.3 Å². The summed E-state index contributed by atoms with van der Waals surface area (Å²) >= 11 is 0. The van der Waals surface area contributed by atoms with Crippen LogP contribution in [0.1, 0.15) is 69.5 Å². The van der Waals surface area contributed by atoms with Crippen LogP contribution in [0.5, 0.6) is 5.88 Å². The third kappa shape index (κ3) is 4.30. The van der Waals surface area contributed by atoms with Crippen LogP contribution in [0.3, 0.4) is 0 Å². The molecule has 6 rings (SSSR count). The molecule has 0 radical (unpaired) electrons. The van der Waals surface area contributed by atoms with E-state index in [9.17, 15) is 4.79 Å². The summed E-state index contributed by atoms with van der Waals surface area (Å²) in [6, 6.07) is 2.29. The normalized spacial score (nSPS) is 27.9. The summed E-state index contributed by atoms with van der Waals surface area (Å²) in [7, 11) is 2.15. The Morgan fingerprint density at radius 3 is 2.72 bits per heavy atom. The van der Waals surface area contributed by atoms with Gasteiger partial charge >= 0.3 is 0 Å². The topological polar surface area (TPSA) is 96.6 Å². The van der Waals surface area contributed by atoms with Crippen LogP contribution >= 0.6 is 0 Å². The molecule has 2 aromatic heterocycles. The molecule has 2 aliphatic heterocycles. The molecule has 2 saturated heterocycles. The first-order valence-electron chi connectivity index (χ1n) is 13.8. The fourth-order valence-corrected chi connectivity index (χ4v) is 6.54. The van der Waals surface area contributed by atoms with Crippen molar-refractivity contribution in [3.8, 4) is 17.5 Å². The Morgan fingerprint density at radius 2 is 1.94 bits per heavy atom. The first kappa shape index (κ1) is 23.9. The highest BCUT2D eigenvalue weighted by atomic mass is 16.5. The maximum absolute atomic E-state index is 13.1. The highest BCUT2D eigenvalue weighted by Crippen LogP contribution is 2.47. The molecule has 0 unspecified atom stereocenters. The van der Waals surface area contributed by atoms with Gasteiger partial charge in [-0.1, -0.05) is 11.6 Å². The third-order valence-corrected chi connectivity index (χ3v) is 8.75. The number of ketones is 1. The molecule has 4 heterocycles.